The van der Waals surface area contributed by atoms with E-state index < -0.39 is 6.03 Å². The minimum Gasteiger partial charge on any atom is -0.354 e. The van der Waals surface area contributed by atoms with Crippen molar-refractivity contribution in [3.63, 3.8) is 0 Å². The second-order valence-corrected chi connectivity index (χ2v) is 5.23. The quantitative estimate of drug-likeness (QED) is 0.677. The summed E-state index contributed by atoms with van der Waals surface area (Å²) in [5, 5.41) is 7.47. The van der Waals surface area contributed by atoms with Gasteiger partial charge in [0.2, 0.25) is 0 Å². The van der Waals surface area contributed by atoms with Crippen molar-refractivity contribution in [2.24, 2.45) is 0 Å². The second-order valence-electron chi connectivity index (χ2n) is 4.40. The van der Waals surface area contributed by atoms with E-state index >= 15 is 0 Å². The Morgan fingerprint density at radius 1 is 1.27 bits per heavy atom. The number of hydrogen-bond donors (Lipinski definition) is 2. The SMILES string of the molecule is O=C(Nc1ccc(F)cc1)N(S)c1noc2cc(Cl)ccc12. The molecule has 0 aliphatic carbocycles. The fourth-order valence-corrected chi connectivity index (χ4v) is 2.21. The summed E-state index contributed by atoms with van der Waals surface area (Å²) in [5.41, 5.74) is 0.873. The molecule has 0 bridgehead atoms. The van der Waals surface area contributed by atoms with Crippen molar-refractivity contribution in [1.29, 1.82) is 0 Å². The van der Waals surface area contributed by atoms with Gasteiger partial charge < -0.3 is 9.84 Å². The van der Waals surface area contributed by atoms with Gasteiger partial charge in [-0.05, 0) is 36.4 Å². The molecule has 0 saturated heterocycles. The number of urea groups is 1. The number of carbonyl (C=O) groups is 1. The summed E-state index contributed by atoms with van der Waals surface area (Å²) in [4.78, 5) is 12.1. The molecule has 5 nitrogen and oxygen atoms in total. The van der Waals surface area contributed by atoms with Crippen LogP contribution in [0, 0.1) is 5.82 Å². The Morgan fingerprint density at radius 2 is 2.00 bits per heavy atom. The van der Waals surface area contributed by atoms with Crippen molar-refractivity contribution < 1.29 is 13.7 Å². The highest BCUT2D eigenvalue weighted by molar-refractivity contribution is 7.82. The Hall–Kier alpha value is -2.25. The largest absolute Gasteiger partial charge is 0.354 e. The first-order chi connectivity index (χ1) is 10.5. The summed E-state index contributed by atoms with van der Waals surface area (Å²) < 4.78 is 19.0. The van der Waals surface area contributed by atoms with E-state index in [9.17, 15) is 9.18 Å². The van der Waals surface area contributed by atoms with E-state index in [1.807, 2.05) is 0 Å². The zero-order chi connectivity index (χ0) is 15.7. The molecule has 0 radical (unpaired) electrons. The van der Waals surface area contributed by atoms with Crippen LogP contribution >= 0.6 is 24.4 Å². The Kier molecular flexibility index (Phi) is 3.91. The first-order valence-electron chi connectivity index (χ1n) is 6.15. The maximum atomic E-state index is 12.8. The number of nitrogens with zero attached hydrogens (tertiary/aromatic N) is 2. The average Bonchev–Trinajstić information content (AvgIpc) is 2.91. The van der Waals surface area contributed by atoms with Gasteiger partial charge in [0.1, 0.15) is 5.82 Å². The molecule has 0 aliphatic heterocycles. The van der Waals surface area contributed by atoms with E-state index in [1.165, 1.54) is 24.3 Å². The number of anilines is 2. The number of fused-ring (bicyclic) bond motifs is 1. The topological polar surface area (TPSA) is 58.4 Å². The summed E-state index contributed by atoms with van der Waals surface area (Å²) in [6.45, 7) is 0. The number of aromatic nitrogens is 1. The van der Waals surface area contributed by atoms with Gasteiger partial charge in [-0.2, -0.15) is 0 Å². The molecule has 22 heavy (non-hydrogen) atoms. The van der Waals surface area contributed by atoms with Crippen LogP contribution in [0.1, 0.15) is 0 Å². The van der Waals surface area contributed by atoms with Crippen molar-refractivity contribution >= 4 is 52.9 Å². The smallest absolute Gasteiger partial charge is 0.337 e. The number of hydrogen-bond acceptors (Lipinski definition) is 4. The number of nitrogens with one attached hydrogen (secondary N) is 1. The van der Waals surface area contributed by atoms with E-state index in [0.29, 0.717) is 21.7 Å². The Labute approximate surface area is 135 Å². The van der Waals surface area contributed by atoms with Crippen LogP contribution in [-0.4, -0.2) is 11.2 Å². The number of thiol groups is 1. The highest BCUT2D eigenvalue weighted by Crippen LogP contribution is 2.29. The van der Waals surface area contributed by atoms with E-state index in [0.717, 1.165) is 4.31 Å². The third-order valence-electron chi connectivity index (χ3n) is 2.90. The molecule has 0 unspecified atom stereocenters. The van der Waals surface area contributed by atoms with Gasteiger partial charge in [0.15, 0.2) is 11.4 Å². The van der Waals surface area contributed by atoms with Gasteiger partial charge in [-0.3, -0.25) is 0 Å². The molecular weight excluding hydrogens is 329 g/mol. The van der Waals surface area contributed by atoms with Gasteiger partial charge >= 0.3 is 6.03 Å². The number of carbonyl (C=O) groups excluding carboxylic acids is 1. The zero-order valence-corrected chi connectivity index (χ0v) is 12.6. The van der Waals surface area contributed by atoms with Crippen LogP contribution < -0.4 is 9.62 Å². The molecule has 1 aromatic heterocycles. The van der Waals surface area contributed by atoms with Gasteiger partial charge in [-0.15, -0.1) is 0 Å². The predicted molar refractivity (Wildman–Crippen MR) is 85.9 cm³/mol. The van der Waals surface area contributed by atoms with Gasteiger partial charge in [-0.1, -0.05) is 29.6 Å². The predicted octanol–water partition coefficient (Wildman–Crippen LogP) is 4.50. The normalized spacial score (nSPS) is 10.7. The minimum absolute atomic E-state index is 0.231. The van der Waals surface area contributed by atoms with E-state index in [1.54, 1.807) is 18.2 Å². The molecule has 1 heterocycles. The fourth-order valence-electron chi connectivity index (χ4n) is 1.86. The molecule has 1 N–H and O–H groups in total. The monoisotopic (exact) mass is 337 g/mol. The van der Waals surface area contributed by atoms with Gasteiger partial charge in [-0.25, -0.2) is 13.5 Å². The molecule has 0 spiro atoms. The zero-order valence-electron chi connectivity index (χ0n) is 11.0. The molecule has 0 saturated carbocycles. The highest BCUT2D eigenvalue weighted by Gasteiger charge is 2.19. The lowest BCUT2D eigenvalue weighted by atomic mass is 10.2. The first-order valence-corrected chi connectivity index (χ1v) is 6.93. The molecular formula is C14H9ClFN3O2S. The molecule has 8 heteroatoms. The number of amides is 2. The summed E-state index contributed by atoms with van der Waals surface area (Å²) >= 11 is 9.98. The molecule has 3 aromatic rings. The Bertz CT molecular complexity index is 838. The van der Waals surface area contributed by atoms with Crippen LogP contribution in [0.4, 0.5) is 20.7 Å². The van der Waals surface area contributed by atoms with Crippen LogP contribution in [0.2, 0.25) is 5.02 Å². The average molecular weight is 338 g/mol. The van der Waals surface area contributed by atoms with Crippen LogP contribution in [0.25, 0.3) is 11.0 Å². The maximum Gasteiger partial charge on any atom is 0.337 e. The highest BCUT2D eigenvalue weighted by atomic mass is 35.5. The molecule has 0 atom stereocenters. The molecule has 0 aliphatic rings. The van der Waals surface area contributed by atoms with Crippen molar-refractivity contribution in [3.05, 3.63) is 53.3 Å². The van der Waals surface area contributed by atoms with Gasteiger partial charge in [0.25, 0.3) is 0 Å². The van der Waals surface area contributed by atoms with Crippen LogP contribution in [0.5, 0.6) is 0 Å². The maximum absolute atomic E-state index is 12.8. The van der Waals surface area contributed by atoms with Crippen LogP contribution in [-0.2, 0) is 0 Å². The van der Waals surface area contributed by atoms with Crippen molar-refractivity contribution in [3.8, 4) is 0 Å². The number of benzene rings is 2. The summed E-state index contributed by atoms with van der Waals surface area (Å²) in [6, 6.07) is 9.73. The number of rotatable bonds is 2. The third-order valence-corrected chi connectivity index (χ3v) is 3.51. The van der Waals surface area contributed by atoms with Crippen molar-refractivity contribution in [2.45, 2.75) is 0 Å². The van der Waals surface area contributed by atoms with Crippen LogP contribution in [0.3, 0.4) is 0 Å². The summed E-state index contributed by atoms with van der Waals surface area (Å²) in [6.07, 6.45) is 0. The van der Waals surface area contributed by atoms with Crippen LogP contribution in [0.15, 0.2) is 47.0 Å². The minimum atomic E-state index is -0.555. The lowest BCUT2D eigenvalue weighted by Gasteiger charge is -2.13. The standard InChI is InChI=1S/C14H9ClFN3O2S/c15-8-1-6-11-12(7-8)21-18-13(11)19(22)14(20)17-10-4-2-9(16)3-5-10/h1-7,22H,(H,17,20). The van der Waals surface area contributed by atoms with E-state index in [2.05, 4.69) is 23.3 Å². The fraction of sp³-hybridized carbons (Fsp3) is 0. The summed E-state index contributed by atoms with van der Waals surface area (Å²) in [5.74, 6) is -0.158. The lowest BCUT2D eigenvalue weighted by molar-refractivity contribution is 0.260. The summed E-state index contributed by atoms with van der Waals surface area (Å²) in [7, 11) is 0. The number of halogens is 2. The van der Waals surface area contributed by atoms with Gasteiger partial charge in [0, 0.05) is 16.8 Å². The molecule has 2 amide bonds. The second kappa shape index (κ2) is 5.86. The third kappa shape index (κ3) is 2.86. The molecule has 0 fully saturated rings. The van der Waals surface area contributed by atoms with Crippen molar-refractivity contribution in [1.82, 2.24) is 5.16 Å². The van der Waals surface area contributed by atoms with E-state index in [4.69, 9.17) is 16.1 Å². The Morgan fingerprint density at radius 3 is 2.73 bits per heavy atom. The molecule has 3 rings (SSSR count). The molecule has 2 aromatic carbocycles. The molecule has 112 valence electrons. The van der Waals surface area contributed by atoms with E-state index in [-0.39, 0.29) is 11.6 Å². The van der Waals surface area contributed by atoms with Crippen molar-refractivity contribution in [2.75, 3.05) is 9.62 Å². The first kappa shape index (κ1) is 14.7. The lowest BCUT2D eigenvalue weighted by Crippen LogP contribution is -2.27. The van der Waals surface area contributed by atoms with Gasteiger partial charge in [0.05, 0.1) is 5.39 Å². The Balaban J connectivity index is 1.84.